The number of esters is 1. The Labute approximate surface area is 155 Å². The molecule has 2 bridgehead atoms. The molecule has 8 atom stereocenters. The summed E-state index contributed by atoms with van der Waals surface area (Å²) in [6.07, 6.45) is 6.92. The van der Waals surface area contributed by atoms with Gasteiger partial charge >= 0.3 is 5.97 Å². The molecule has 4 rings (SSSR count). The molecule has 4 aliphatic rings. The molecule has 0 saturated heterocycles. The Bertz CT molecular complexity index is 634. The third-order valence-electron chi connectivity index (χ3n) is 9.50. The van der Waals surface area contributed by atoms with Crippen LogP contribution in [0.2, 0.25) is 0 Å². The van der Waals surface area contributed by atoms with Crippen molar-refractivity contribution in [2.24, 2.45) is 34.0 Å². The number of ether oxygens (including phenoxy) is 1. The molecule has 0 amide bonds. The van der Waals surface area contributed by atoms with Crippen LogP contribution in [0.4, 0.5) is 0 Å². The van der Waals surface area contributed by atoms with Crippen molar-refractivity contribution < 1.29 is 24.5 Å². The molecule has 5 nitrogen and oxygen atoms in total. The Hall–Kier alpha value is -0.940. The highest BCUT2D eigenvalue weighted by molar-refractivity contribution is 5.80. The van der Waals surface area contributed by atoms with Gasteiger partial charge in [0.25, 0.3) is 0 Å². The number of aldehydes is 1. The standard InChI is InChI=1S/C21H32O5/c1-18(12-22)15-5-4-13-10-14-11-20(13,19(15,2)7-6-16(18)23)8-9-21(14,25)17(24)26-3/h12-16,23,25H,4-11H2,1-3H3/t13-,14+,15-,16+,18-,19-,20-,21+/m0/s1. The molecule has 0 aromatic heterocycles. The topological polar surface area (TPSA) is 83.8 Å². The summed E-state index contributed by atoms with van der Waals surface area (Å²) in [5, 5.41) is 21.7. The molecule has 0 aromatic carbocycles. The summed E-state index contributed by atoms with van der Waals surface area (Å²) in [6.45, 7) is 4.26. The summed E-state index contributed by atoms with van der Waals surface area (Å²) >= 11 is 0. The molecule has 1 spiro atoms. The average Bonchev–Trinajstić information content (AvgIpc) is 2.98. The number of rotatable bonds is 2. The first-order valence-electron chi connectivity index (χ1n) is 10.1. The lowest BCUT2D eigenvalue weighted by Crippen LogP contribution is -2.63. The van der Waals surface area contributed by atoms with Crippen molar-refractivity contribution in [1.29, 1.82) is 0 Å². The van der Waals surface area contributed by atoms with E-state index < -0.39 is 23.1 Å². The maximum absolute atomic E-state index is 12.3. The Morgan fingerprint density at radius 1 is 1.12 bits per heavy atom. The van der Waals surface area contributed by atoms with Gasteiger partial charge in [0.15, 0.2) is 5.60 Å². The largest absolute Gasteiger partial charge is 0.467 e. The molecule has 4 saturated carbocycles. The molecule has 0 aliphatic heterocycles. The van der Waals surface area contributed by atoms with Gasteiger partial charge in [-0.05, 0) is 80.0 Å². The van der Waals surface area contributed by atoms with Gasteiger partial charge in [0.2, 0.25) is 0 Å². The summed E-state index contributed by atoms with van der Waals surface area (Å²) in [5.41, 5.74) is -2.02. The number of aliphatic hydroxyl groups is 2. The summed E-state index contributed by atoms with van der Waals surface area (Å²) < 4.78 is 4.92. The number of carbonyl (C=O) groups is 2. The van der Waals surface area contributed by atoms with E-state index in [0.29, 0.717) is 18.8 Å². The highest BCUT2D eigenvalue weighted by Gasteiger charge is 2.71. The van der Waals surface area contributed by atoms with Gasteiger partial charge in [-0.25, -0.2) is 4.79 Å². The van der Waals surface area contributed by atoms with Crippen molar-refractivity contribution in [2.75, 3.05) is 7.11 Å². The van der Waals surface area contributed by atoms with Gasteiger partial charge in [0, 0.05) is 0 Å². The van der Waals surface area contributed by atoms with E-state index in [4.69, 9.17) is 4.74 Å². The highest BCUT2D eigenvalue weighted by Crippen LogP contribution is 2.75. The SMILES string of the molecule is COC(=O)[C@@]1(O)CC[C@]23C[C@H]1C[C@@H]2CC[C@H]1[C@](C)(C=O)[C@H](O)CC[C@@]13C. The van der Waals surface area contributed by atoms with Crippen LogP contribution in [0, 0.1) is 34.0 Å². The Kier molecular flexibility index (Phi) is 3.93. The van der Waals surface area contributed by atoms with Gasteiger partial charge in [-0.1, -0.05) is 13.8 Å². The third kappa shape index (κ3) is 1.94. The summed E-state index contributed by atoms with van der Waals surface area (Å²) in [5.74, 6) is 0.0993. The van der Waals surface area contributed by atoms with Crippen LogP contribution in [0.5, 0.6) is 0 Å². The molecule has 0 aromatic rings. The van der Waals surface area contributed by atoms with Crippen molar-refractivity contribution in [3.05, 3.63) is 0 Å². The number of carbonyl (C=O) groups excluding carboxylic acids is 2. The van der Waals surface area contributed by atoms with Crippen molar-refractivity contribution >= 4 is 12.3 Å². The summed E-state index contributed by atoms with van der Waals surface area (Å²) in [7, 11) is 1.35. The van der Waals surface area contributed by atoms with Gasteiger partial charge in [0.1, 0.15) is 6.29 Å². The van der Waals surface area contributed by atoms with E-state index in [-0.39, 0.29) is 22.7 Å². The fourth-order valence-corrected chi connectivity index (χ4v) is 7.97. The Morgan fingerprint density at radius 2 is 1.85 bits per heavy atom. The van der Waals surface area contributed by atoms with E-state index in [1.54, 1.807) is 0 Å². The summed E-state index contributed by atoms with van der Waals surface area (Å²) in [4.78, 5) is 24.3. The van der Waals surface area contributed by atoms with Crippen molar-refractivity contribution in [3.63, 3.8) is 0 Å². The Balaban J connectivity index is 1.74. The van der Waals surface area contributed by atoms with Gasteiger partial charge in [-0.2, -0.15) is 0 Å². The number of fused-ring (bicyclic) bond motifs is 2. The van der Waals surface area contributed by atoms with E-state index in [1.165, 1.54) is 7.11 Å². The van der Waals surface area contributed by atoms with Crippen LogP contribution in [0.3, 0.4) is 0 Å². The van der Waals surface area contributed by atoms with Gasteiger partial charge in [-0.3, -0.25) is 0 Å². The third-order valence-corrected chi connectivity index (χ3v) is 9.50. The van der Waals surface area contributed by atoms with Crippen LogP contribution in [0.25, 0.3) is 0 Å². The van der Waals surface area contributed by atoms with Gasteiger partial charge in [0.05, 0.1) is 18.6 Å². The van der Waals surface area contributed by atoms with Gasteiger partial charge < -0.3 is 19.7 Å². The molecule has 2 N–H and O–H groups in total. The molecule has 4 fully saturated rings. The predicted octanol–water partition coefficient (Wildman–Crippen LogP) is 2.47. The first-order valence-corrected chi connectivity index (χ1v) is 10.1. The number of methoxy groups -OCH3 is 1. The molecule has 0 radical (unpaired) electrons. The number of hydrogen-bond acceptors (Lipinski definition) is 5. The van der Waals surface area contributed by atoms with Crippen LogP contribution in [-0.4, -0.2) is 41.3 Å². The second kappa shape index (κ2) is 5.54. The Morgan fingerprint density at radius 3 is 2.50 bits per heavy atom. The average molecular weight is 364 g/mol. The van der Waals surface area contributed by atoms with E-state index in [9.17, 15) is 19.8 Å². The van der Waals surface area contributed by atoms with E-state index in [2.05, 4.69) is 6.92 Å². The zero-order valence-electron chi connectivity index (χ0n) is 16.2. The highest BCUT2D eigenvalue weighted by atomic mass is 16.5. The number of aliphatic hydroxyl groups excluding tert-OH is 1. The fourth-order valence-electron chi connectivity index (χ4n) is 7.97. The van der Waals surface area contributed by atoms with Crippen molar-refractivity contribution in [3.8, 4) is 0 Å². The fraction of sp³-hybridized carbons (Fsp3) is 0.905. The van der Waals surface area contributed by atoms with Crippen LogP contribution < -0.4 is 0 Å². The molecule has 26 heavy (non-hydrogen) atoms. The lowest BCUT2D eigenvalue weighted by Gasteiger charge is -2.65. The maximum atomic E-state index is 12.3. The zero-order chi connectivity index (χ0) is 19.0. The van der Waals surface area contributed by atoms with Crippen LogP contribution >= 0.6 is 0 Å². The van der Waals surface area contributed by atoms with Crippen molar-refractivity contribution in [2.45, 2.75) is 76.9 Å². The van der Waals surface area contributed by atoms with Crippen molar-refractivity contribution in [1.82, 2.24) is 0 Å². The van der Waals surface area contributed by atoms with Crippen LogP contribution in [0.15, 0.2) is 0 Å². The molecular weight excluding hydrogens is 332 g/mol. The minimum absolute atomic E-state index is 0.0307. The smallest absolute Gasteiger partial charge is 0.338 e. The molecule has 5 heteroatoms. The van der Waals surface area contributed by atoms with Crippen LogP contribution in [-0.2, 0) is 14.3 Å². The van der Waals surface area contributed by atoms with E-state index >= 15 is 0 Å². The molecule has 0 heterocycles. The second-order valence-corrected chi connectivity index (χ2v) is 9.99. The van der Waals surface area contributed by atoms with Crippen LogP contribution in [0.1, 0.15) is 65.2 Å². The maximum Gasteiger partial charge on any atom is 0.338 e. The molecule has 4 aliphatic carbocycles. The molecule has 146 valence electrons. The lowest BCUT2D eigenvalue weighted by molar-refractivity contribution is -0.205. The minimum atomic E-state index is -1.36. The predicted molar refractivity (Wildman–Crippen MR) is 95.1 cm³/mol. The zero-order valence-corrected chi connectivity index (χ0v) is 16.2. The number of hydrogen-bond donors (Lipinski definition) is 2. The quantitative estimate of drug-likeness (QED) is 0.581. The summed E-state index contributed by atoms with van der Waals surface area (Å²) in [6, 6.07) is 0. The normalized spacial score (nSPS) is 55.6. The molecular formula is C21H32O5. The second-order valence-electron chi connectivity index (χ2n) is 9.99. The van der Waals surface area contributed by atoms with E-state index in [1.807, 2.05) is 6.92 Å². The first kappa shape index (κ1) is 18.4. The monoisotopic (exact) mass is 364 g/mol. The van der Waals surface area contributed by atoms with Gasteiger partial charge in [-0.15, -0.1) is 0 Å². The molecule has 0 unspecified atom stereocenters. The first-order chi connectivity index (χ1) is 12.2. The minimum Gasteiger partial charge on any atom is -0.467 e. The lowest BCUT2D eigenvalue weighted by atomic mass is 9.39. The van der Waals surface area contributed by atoms with E-state index in [0.717, 1.165) is 44.8 Å².